The number of rotatable bonds is 15. The Kier molecular flexibility index (Phi) is 12.9. The van der Waals surface area contributed by atoms with Crippen molar-refractivity contribution >= 4 is 29.5 Å². The van der Waals surface area contributed by atoms with Crippen molar-refractivity contribution in [2.24, 2.45) is 0 Å². The molecule has 0 aliphatic heterocycles. The summed E-state index contributed by atoms with van der Waals surface area (Å²) in [7, 11) is 3.31. The zero-order chi connectivity index (χ0) is 20.1. The minimum absolute atomic E-state index is 0.0816. The molecule has 0 rings (SSSR count). The van der Waals surface area contributed by atoms with E-state index < -0.39 is 29.5 Å². The number of hydrogen-bond donors (Lipinski definition) is 0. The van der Waals surface area contributed by atoms with Crippen molar-refractivity contribution in [1.82, 2.24) is 0 Å². The average Bonchev–Trinajstić information content (AvgIpc) is 2.68. The number of carbonyl (C=O) groups is 2. The predicted octanol–water partition coefficient (Wildman–Crippen LogP) is 0.609. The lowest BCUT2D eigenvalue weighted by Gasteiger charge is -2.24. The van der Waals surface area contributed by atoms with Crippen LogP contribution in [-0.4, -0.2) is 85.4 Å². The number of hydrogen-bond acceptors (Lipinski definition) is 10. The van der Waals surface area contributed by atoms with Gasteiger partial charge < -0.3 is 36.0 Å². The van der Waals surface area contributed by atoms with Crippen molar-refractivity contribution in [3.63, 3.8) is 0 Å². The van der Waals surface area contributed by atoms with Crippen LogP contribution in [0.2, 0.25) is 12.1 Å². The van der Waals surface area contributed by atoms with Crippen LogP contribution in [0.3, 0.4) is 0 Å². The van der Waals surface area contributed by atoms with E-state index in [0.717, 1.165) is 0 Å². The first-order valence-electron chi connectivity index (χ1n) is 7.98. The van der Waals surface area contributed by atoms with Crippen molar-refractivity contribution in [3.8, 4) is 0 Å². The second kappa shape index (κ2) is 13.3. The maximum absolute atomic E-state index is 11.7. The molecule has 0 aliphatic rings. The monoisotopic (exact) mass is 414 g/mol. The van der Waals surface area contributed by atoms with Crippen LogP contribution >= 0.6 is 0 Å². The Hall–Kier alpha value is -0.866. The Morgan fingerprint density at radius 2 is 0.846 bits per heavy atom. The molecule has 12 heteroatoms. The molecule has 0 heterocycles. The molecule has 0 aromatic heterocycles. The third-order valence-corrected chi connectivity index (χ3v) is 9.11. The largest absolute Gasteiger partial charge is 0.503 e. The Morgan fingerprint density at radius 1 is 0.577 bits per heavy atom. The third kappa shape index (κ3) is 8.68. The second-order valence-electron chi connectivity index (χ2n) is 5.03. The Balaban J connectivity index is 4.04. The summed E-state index contributed by atoms with van der Waals surface area (Å²) in [6.07, 6.45) is -0.163. The molecule has 0 aromatic carbocycles. The van der Waals surface area contributed by atoms with Crippen LogP contribution in [0.4, 0.5) is 0 Å². The van der Waals surface area contributed by atoms with Gasteiger partial charge in [-0.25, -0.2) is 0 Å². The van der Waals surface area contributed by atoms with Crippen molar-refractivity contribution in [2.75, 3.05) is 55.9 Å². The molecule has 0 fully saturated rings. The summed E-state index contributed by atoms with van der Waals surface area (Å²) in [5, 5.41) is 0. The van der Waals surface area contributed by atoms with E-state index in [2.05, 4.69) is 0 Å². The van der Waals surface area contributed by atoms with Crippen LogP contribution < -0.4 is 0 Å². The van der Waals surface area contributed by atoms with Gasteiger partial charge in [0.25, 0.3) is 0 Å². The molecule has 0 saturated carbocycles. The number of carbonyl (C=O) groups excluding carboxylic acids is 2. The molecule has 0 spiro atoms. The van der Waals surface area contributed by atoms with Gasteiger partial charge in [-0.1, -0.05) is 0 Å². The molecule has 0 aromatic rings. The summed E-state index contributed by atoms with van der Waals surface area (Å²) in [5.74, 6) is -1.02. The van der Waals surface area contributed by atoms with E-state index in [9.17, 15) is 9.59 Å². The highest BCUT2D eigenvalue weighted by Crippen LogP contribution is 2.14. The molecular formula is C14H30O10Si2. The van der Waals surface area contributed by atoms with E-state index in [1.54, 1.807) is 0 Å². The SMILES string of the molecule is CO[Si](CCOC(=O)CCC(=O)OCC[Si](OC)(OC)OC)(OC)OC. The molecule has 10 nitrogen and oxygen atoms in total. The van der Waals surface area contributed by atoms with Crippen molar-refractivity contribution in [2.45, 2.75) is 24.9 Å². The van der Waals surface area contributed by atoms with Crippen LogP contribution in [0.15, 0.2) is 0 Å². The summed E-state index contributed by atoms with van der Waals surface area (Å²) in [5.41, 5.74) is 0. The zero-order valence-corrected chi connectivity index (χ0v) is 18.3. The molecule has 26 heavy (non-hydrogen) atoms. The first kappa shape index (κ1) is 25.1. The van der Waals surface area contributed by atoms with E-state index >= 15 is 0 Å². The molecule has 0 amide bonds. The van der Waals surface area contributed by atoms with Crippen LogP contribution in [-0.2, 0) is 45.6 Å². The topological polar surface area (TPSA) is 108 Å². The lowest BCUT2D eigenvalue weighted by molar-refractivity contribution is -0.150. The van der Waals surface area contributed by atoms with E-state index in [1.807, 2.05) is 0 Å². The fraction of sp³-hybridized carbons (Fsp3) is 0.857. The highest BCUT2D eigenvalue weighted by atomic mass is 28.4. The van der Waals surface area contributed by atoms with Crippen LogP contribution in [0, 0.1) is 0 Å². The molecule has 0 atom stereocenters. The summed E-state index contributed by atoms with van der Waals surface area (Å²) in [6.45, 7) is 0.165. The van der Waals surface area contributed by atoms with Crippen LogP contribution in [0.1, 0.15) is 12.8 Å². The third-order valence-electron chi connectivity index (χ3n) is 3.74. The van der Waals surface area contributed by atoms with Gasteiger partial charge in [0.2, 0.25) is 0 Å². The smallest absolute Gasteiger partial charge is 0.466 e. The van der Waals surface area contributed by atoms with E-state index in [4.69, 9.17) is 36.0 Å². The average molecular weight is 415 g/mol. The maximum atomic E-state index is 11.7. The van der Waals surface area contributed by atoms with E-state index in [1.165, 1.54) is 42.7 Å². The molecule has 0 bridgehead atoms. The lowest BCUT2D eigenvalue weighted by atomic mass is 10.3. The normalized spacial score (nSPS) is 12.1. The van der Waals surface area contributed by atoms with Crippen molar-refractivity contribution in [1.29, 1.82) is 0 Å². The molecule has 0 N–H and O–H groups in total. The first-order valence-corrected chi connectivity index (χ1v) is 11.8. The van der Waals surface area contributed by atoms with Gasteiger partial charge in [-0.05, 0) is 0 Å². The van der Waals surface area contributed by atoms with Gasteiger partial charge in [0.1, 0.15) is 0 Å². The molecule has 154 valence electrons. The van der Waals surface area contributed by atoms with Gasteiger partial charge in [0.05, 0.1) is 38.1 Å². The van der Waals surface area contributed by atoms with E-state index in [0.29, 0.717) is 12.1 Å². The second-order valence-corrected chi connectivity index (χ2v) is 11.2. The van der Waals surface area contributed by atoms with Gasteiger partial charge in [-0.2, -0.15) is 0 Å². The fourth-order valence-electron chi connectivity index (χ4n) is 2.04. The summed E-state index contributed by atoms with van der Waals surface area (Å²) in [6, 6.07) is 0.648. The fourth-order valence-corrected chi connectivity index (χ4v) is 4.97. The molecule has 0 saturated heterocycles. The van der Waals surface area contributed by atoms with Crippen LogP contribution in [0.25, 0.3) is 0 Å². The molecular weight excluding hydrogens is 384 g/mol. The summed E-state index contributed by atoms with van der Waals surface area (Å²) >= 11 is 0. The van der Waals surface area contributed by atoms with Crippen molar-refractivity contribution < 1.29 is 45.6 Å². The van der Waals surface area contributed by atoms with Gasteiger partial charge in [-0.15, -0.1) is 0 Å². The Labute approximate surface area is 156 Å². The minimum Gasteiger partial charge on any atom is -0.466 e. The van der Waals surface area contributed by atoms with Gasteiger partial charge >= 0.3 is 29.5 Å². The number of esters is 2. The first-order chi connectivity index (χ1) is 12.4. The van der Waals surface area contributed by atoms with Crippen molar-refractivity contribution in [3.05, 3.63) is 0 Å². The van der Waals surface area contributed by atoms with Gasteiger partial charge in [-0.3, -0.25) is 9.59 Å². The molecule has 0 aliphatic carbocycles. The van der Waals surface area contributed by atoms with Gasteiger partial charge in [0.15, 0.2) is 0 Å². The quantitative estimate of drug-likeness (QED) is 0.279. The molecule has 0 unspecified atom stereocenters. The van der Waals surface area contributed by atoms with Gasteiger partial charge in [0, 0.05) is 42.7 Å². The Morgan fingerprint density at radius 3 is 1.08 bits per heavy atom. The maximum Gasteiger partial charge on any atom is 0.503 e. The standard InChI is InChI=1S/C14H30O10Si2/c1-17-25(18-2,19-3)11-9-23-13(15)7-8-14(16)24-10-12-26(20-4,21-5)22-6/h7-12H2,1-6H3. The molecule has 0 radical (unpaired) electrons. The summed E-state index contributed by atoms with van der Waals surface area (Å²) in [4.78, 5) is 23.4. The number of ether oxygens (including phenoxy) is 2. The minimum atomic E-state index is -2.78. The lowest BCUT2D eigenvalue weighted by Crippen LogP contribution is -2.43. The zero-order valence-electron chi connectivity index (χ0n) is 16.3. The highest BCUT2D eigenvalue weighted by molar-refractivity contribution is 6.61. The highest BCUT2D eigenvalue weighted by Gasteiger charge is 2.38. The van der Waals surface area contributed by atoms with Crippen LogP contribution in [0.5, 0.6) is 0 Å². The predicted molar refractivity (Wildman–Crippen MR) is 94.3 cm³/mol. The van der Waals surface area contributed by atoms with E-state index in [-0.39, 0.29) is 26.1 Å². The summed E-state index contributed by atoms with van der Waals surface area (Å²) < 4.78 is 41.4. The Bertz CT molecular complexity index is 358.